The lowest BCUT2D eigenvalue weighted by molar-refractivity contribution is -0.152. The fourth-order valence-corrected chi connectivity index (χ4v) is 10.6. The molecule has 3 heterocycles. The molecule has 19 nitrogen and oxygen atoms in total. The van der Waals surface area contributed by atoms with Gasteiger partial charge in [-0.25, -0.2) is 9.78 Å². The molecular weight excluding hydrogens is 920 g/mol. The Hall–Kier alpha value is -5.97. The number of carbonyl (C=O) groups is 2. The van der Waals surface area contributed by atoms with Gasteiger partial charge in [0.1, 0.15) is 55.5 Å². The molecule has 3 aromatic carbocycles. The van der Waals surface area contributed by atoms with Crippen molar-refractivity contribution in [2.75, 3.05) is 66.7 Å². The topological polar surface area (TPSA) is 214 Å². The van der Waals surface area contributed by atoms with Crippen LogP contribution in [-0.4, -0.2) is 138 Å². The second kappa shape index (κ2) is 23.8. The maximum absolute atomic E-state index is 14.0. The number of nitriles is 1. The van der Waals surface area contributed by atoms with Gasteiger partial charge in [-0.15, -0.1) is 0 Å². The molecule has 0 bridgehead atoms. The first-order valence-electron chi connectivity index (χ1n) is 23.0. The van der Waals surface area contributed by atoms with Crippen LogP contribution < -0.4 is 20.3 Å². The third-order valence-electron chi connectivity index (χ3n) is 11.6. The Labute approximate surface area is 410 Å². The molecule has 70 heavy (non-hydrogen) atoms. The monoisotopic (exact) mass is 984 g/mol. The Kier molecular flexibility index (Phi) is 18.1. The number of carbonyl (C=O) groups excluding carboxylic acids is 2. The fraction of sp³-hybridized carbons (Fsp3) is 0.480. The Bertz CT molecular complexity index is 2550. The van der Waals surface area contributed by atoms with Crippen molar-refractivity contribution in [2.45, 2.75) is 95.8 Å². The van der Waals surface area contributed by atoms with E-state index in [9.17, 15) is 19.6 Å². The van der Waals surface area contributed by atoms with Crippen LogP contribution in [0.25, 0.3) is 11.2 Å². The maximum Gasteiger partial charge on any atom is 0.323 e. The van der Waals surface area contributed by atoms with Crippen molar-refractivity contribution in [1.29, 1.82) is 5.26 Å². The largest absolute Gasteiger partial charge is 0.497 e. The van der Waals surface area contributed by atoms with E-state index < -0.39 is 61.6 Å². The summed E-state index contributed by atoms with van der Waals surface area (Å²) in [5.74, 6) is 0.646. The highest BCUT2D eigenvalue weighted by molar-refractivity contribution is 7.51. The number of ether oxygens (including phenoxy) is 7. The zero-order chi connectivity index (χ0) is 50.8. The van der Waals surface area contributed by atoms with Crippen molar-refractivity contribution in [3.63, 3.8) is 0 Å². The van der Waals surface area contributed by atoms with Crippen LogP contribution in [0.3, 0.4) is 0 Å². The van der Waals surface area contributed by atoms with Crippen molar-refractivity contribution in [3.05, 3.63) is 112 Å². The molecule has 5 aromatic rings. The third kappa shape index (κ3) is 12.3. The van der Waals surface area contributed by atoms with Crippen molar-refractivity contribution in [2.24, 2.45) is 0 Å². The Morgan fingerprint density at radius 2 is 1.50 bits per heavy atom. The molecule has 1 saturated heterocycles. The SMILES string of the molecule is COCCOC1C(OP(CC(=O)OC(C)(C)CC#N)N(C(C)C)C(C)C)[C@@H](COC(c2ccccc2)(c2ccc(OC)cc2)c2ccc(OC)cc2)O[C@H]1n1cnc2c(=O)[nH]c(NC(=O)N(C)C)nc21. The summed E-state index contributed by atoms with van der Waals surface area (Å²) in [6.45, 7) is 11.6. The van der Waals surface area contributed by atoms with Gasteiger partial charge in [-0.2, -0.15) is 10.2 Å². The van der Waals surface area contributed by atoms with Gasteiger partial charge < -0.3 is 42.6 Å². The van der Waals surface area contributed by atoms with Gasteiger partial charge in [0.15, 0.2) is 17.4 Å². The molecule has 2 amide bonds. The van der Waals surface area contributed by atoms with E-state index in [-0.39, 0.29) is 61.6 Å². The number of aromatic nitrogens is 4. The normalized spacial score (nSPS) is 17.7. The van der Waals surface area contributed by atoms with Gasteiger partial charge in [0, 0.05) is 33.3 Å². The predicted molar refractivity (Wildman–Crippen MR) is 264 cm³/mol. The molecule has 2 aromatic heterocycles. The second-order valence-electron chi connectivity index (χ2n) is 18.0. The Balaban J connectivity index is 1.55. The first-order chi connectivity index (χ1) is 33.5. The maximum atomic E-state index is 14.0. The van der Waals surface area contributed by atoms with Crippen molar-refractivity contribution in [1.82, 2.24) is 29.1 Å². The van der Waals surface area contributed by atoms with Crippen LogP contribution in [0.1, 0.15) is 70.9 Å². The van der Waals surface area contributed by atoms with Gasteiger partial charge >= 0.3 is 12.0 Å². The van der Waals surface area contributed by atoms with Crippen molar-refractivity contribution in [3.8, 4) is 17.6 Å². The molecule has 0 radical (unpaired) electrons. The lowest BCUT2D eigenvalue weighted by Gasteiger charge is -2.40. The van der Waals surface area contributed by atoms with Gasteiger partial charge in [0.2, 0.25) is 5.95 Å². The number of methoxy groups -OCH3 is 3. The smallest absolute Gasteiger partial charge is 0.323 e. The minimum absolute atomic E-state index is 0.00953. The molecule has 2 N–H and O–H groups in total. The van der Waals surface area contributed by atoms with Crippen LogP contribution in [0.4, 0.5) is 10.7 Å². The number of imidazole rings is 1. The molecule has 0 spiro atoms. The molecule has 0 aliphatic carbocycles. The van der Waals surface area contributed by atoms with Crippen LogP contribution in [0.15, 0.2) is 90.0 Å². The molecule has 1 aliphatic rings. The summed E-state index contributed by atoms with van der Waals surface area (Å²) in [6, 6.07) is 26.5. The van der Waals surface area contributed by atoms with Gasteiger partial charge in [0.05, 0.1) is 52.9 Å². The van der Waals surface area contributed by atoms with E-state index in [0.717, 1.165) is 16.7 Å². The van der Waals surface area contributed by atoms with Crippen LogP contribution in [0.2, 0.25) is 0 Å². The number of hydrogen-bond donors (Lipinski definition) is 2. The first kappa shape index (κ1) is 53.4. The lowest BCUT2D eigenvalue weighted by Crippen LogP contribution is -2.43. The summed E-state index contributed by atoms with van der Waals surface area (Å²) < 4.78 is 54.9. The fourth-order valence-electron chi connectivity index (χ4n) is 8.41. The molecule has 0 saturated carbocycles. The van der Waals surface area contributed by atoms with E-state index in [1.807, 2.05) is 107 Å². The van der Waals surface area contributed by atoms with Gasteiger partial charge in [-0.3, -0.25) is 29.1 Å². The predicted octanol–water partition coefficient (Wildman–Crippen LogP) is 7.22. The van der Waals surface area contributed by atoms with Crippen LogP contribution in [0, 0.1) is 11.3 Å². The van der Waals surface area contributed by atoms with Crippen LogP contribution in [-0.2, 0) is 38.6 Å². The molecule has 1 fully saturated rings. The number of H-pyrrole nitrogens is 1. The molecule has 376 valence electrons. The summed E-state index contributed by atoms with van der Waals surface area (Å²) >= 11 is 0. The van der Waals surface area contributed by atoms with Crippen molar-refractivity contribution >= 4 is 37.4 Å². The number of amides is 2. The number of benzene rings is 3. The summed E-state index contributed by atoms with van der Waals surface area (Å²) in [7, 11) is 6.04. The highest BCUT2D eigenvalue weighted by Gasteiger charge is 2.52. The first-order valence-corrected chi connectivity index (χ1v) is 24.4. The molecular formula is C50H65N8O11P. The molecule has 6 rings (SSSR count). The van der Waals surface area contributed by atoms with Crippen LogP contribution >= 0.6 is 8.30 Å². The number of nitrogens with zero attached hydrogens (tertiary/aromatic N) is 6. The number of hydrogen-bond acceptors (Lipinski definition) is 15. The summed E-state index contributed by atoms with van der Waals surface area (Å²) in [6.07, 6.45) is -2.74. The minimum Gasteiger partial charge on any atom is -0.497 e. The van der Waals surface area contributed by atoms with Gasteiger partial charge in [0.25, 0.3) is 5.56 Å². The molecule has 5 atom stereocenters. The number of aromatic amines is 1. The van der Waals surface area contributed by atoms with Gasteiger partial charge in [-0.1, -0.05) is 54.6 Å². The summed E-state index contributed by atoms with van der Waals surface area (Å²) in [5.41, 5.74) is -0.508. The highest BCUT2D eigenvalue weighted by Crippen LogP contribution is 2.51. The van der Waals surface area contributed by atoms with E-state index in [1.54, 1.807) is 53.8 Å². The Morgan fingerprint density at radius 3 is 2.04 bits per heavy atom. The second-order valence-corrected chi connectivity index (χ2v) is 19.7. The highest BCUT2D eigenvalue weighted by atomic mass is 31.2. The van der Waals surface area contributed by atoms with E-state index >= 15 is 0 Å². The van der Waals surface area contributed by atoms with E-state index in [0.29, 0.717) is 11.5 Å². The number of anilines is 1. The number of fused-ring (bicyclic) bond motifs is 1. The number of esters is 1. The number of nitrogens with one attached hydrogen (secondary N) is 2. The summed E-state index contributed by atoms with van der Waals surface area (Å²) in [5, 5.41) is 12.1. The lowest BCUT2D eigenvalue weighted by atomic mass is 9.80. The molecule has 1 aliphatic heterocycles. The zero-order valence-electron chi connectivity index (χ0n) is 41.7. The zero-order valence-corrected chi connectivity index (χ0v) is 42.6. The summed E-state index contributed by atoms with van der Waals surface area (Å²) in [4.78, 5) is 53.3. The van der Waals surface area contributed by atoms with Gasteiger partial charge in [-0.05, 0) is 82.5 Å². The minimum atomic E-state index is -1.85. The van der Waals surface area contributed by atoms with E-state index in [1.165, 1.54) is 11.2 Å². The number of rotatable bonds is 23. The molecule has 20 heteroatoms. The van der Waals surface area contributed by atoms with Crippen LogP contribution in [0.5, 0.6) is 11.5 Å². The quantitative estimate of drug-likeness (QED) is 0.0286. The standard InChI is InChI=1S/C50H65N8O11P/c1-32(2)58(33(3)4)70(30-40(59)68-49(5,6)25-26-51)69-42-39(67-46(43(42)65-28-27-62-9)57-31-52-41-44(57)53-47(54-45(41)60)55-48(61)56(7)8)29-66-50(34-15-13-12-14-16-34,35-17-21-37(63-10)22-18-35)36-19-23-38(64-11)24-20-36/h12-24,31-33,39,42-43,46H,25,27-30H2,1-11H3,(H2,53,54,55,60,61)/t39-,42?,43?,46-,70?/m1/s1. The molecule has 3 unspecified atom stereocenters. The number of urea groups is 1. The van der Waals surface area contributed by atoms with E-state index in [2.05, 4.69) is 31.0 Å². The average molecular weight is 985 g/mol. The van der Waals surface area contributed by atoms with Crippen molar-refractivity contribution < 1.29 is 47.3 Å². The Morgan fingerprint density at radius 1 is 0.900 bits per heavy atom. The third-order valence-corrected chi connectivity index (χ3v) is 14.0. The van der Waals surface area contributed by atoms with E-state index in [4.69, 9.17) is 37.7 Å². The average Bonchev–Trinajstić information content (AvgIpc) is 3.90.